The molecule has 268 valence electrons. The van der Waals surface area contributed by atoms with Gasteiger partial charge >= 0.3 is 19.8 Å². The average Bonchev–Trinajstić information content (AvgIpc) is 3.02. The van der Waals surface area contributed by atoms with Crippen LogP contribution >= 0.6 is 7.82 Å². The maximum absolute atomic E-state index is 12.2. The minimum absolute atomic E-state index is 0.191. The Kier molecular flexibility index (Phi) is 30.8. The lowest BCUT2D eigenvalue weighted by Crippen LogP contribution is -2.28. The highest BCUT2D eigenvalue weighted by Gasteiger charge is 2.27. The van der Waals surface area contributed by atoms with Crippen molar-refractivity contribution in [3.63, 3.8) is 0 Å². The molecule has 11 heteroatoms. The topological polar surface area (TPSA) is 149 Å². The summed E-state index contributed by atoms with van der Waals surface area (Å²) in [6.07, 6.45) is 24.2. The van der Waals surface area contributed by atoms with Gasteiger partial charge in [-0.15, -0.1) is 0 Å². The van der Waals surface area contributed by atoms with E-state index in [2.05, 4.69) is 13.8 Å². The summed E-state index contributed by atoms with van der Waals surface area (Å²) in [6, 6.07) is 0. The van der Waals surface area contributed by atoms with E-state index in [1.54, 1.807) is 0 Å². The minimum atomic E-state index is -4.61. The lowest BCUT2D eigenvalue weighted by Gasteiger charge is -2.20. The van der Waals surface area contributed by atoms with Crippen molar-refractivity contribution in [3.05, 3.63) is 0 Å². The van der Waals surface area contributed by atoms with Crippen molar-refractivity contribution >= 4 is 19.8 Å². The summed E-state index contributed by atoms with van der Waals surface area (Å²) in [5, 5.41) is 18.9. The van der Waals surface area contributed by atoms with Crippen LogP contribution in [0.5, 0.6) is 0 Å². The van der Waals surface area contributed by atoms with Gasteiger partial charge in [-0.1, -0.05) is 142 Å². The van der Waals surface area contributed by atoms with Crippen LogP contribution < -0.4 is 0 Å². The first-order valence-electron chi connectivity index (χ1n) is 18.0. The fourth-order valence-corrected chi connectivity index (χ4v) is 5.78. The van der Waals surface area contributed by atoms with E-state index in [0.717, 1.165) is 44.9 Å². The van der Waals surface area contributed by atoms with Gasteiger partial charge in [0.15, 0.2) is 0 Å². The van der Waals surface area contributed by atoms with Crippen LogP contribution in [0.4, 0.5) is 0 Å². The molecule has 0 aromatic rings. The monoisotopic (exact) mass is 666 g/mol. The van der Waals surface area contributed by atoms with Crippen LogP contribution in [0.3, 0.4) is 0 Å². The van der Waals surface area contributed by atoms with Crippen LogP contribution in [0.2, 0.25) is 0 Å². The lowest BCUT2D eigenvalue weighted by atomic mass is 10.0. The Labute approximate surface area is 273 Å². The molecule has 0 spiro atoms. The van der Waals surface area contributed by atoms with E-state index >= 15 is 0 Å². The van der Waals surface area contributed by atoms with E-state index in [9.17, 15) is 29.3 Å². The van der Waals surface area contributed by atoms with Gasteiger partial charge < -0.3 is 24.6 Å². The number of rotatable bonds is 34. The zero-order chi connectivity index (χ0) is 33.4. The van der Waals surface area contributed by atoms with E-state index in [-0.39, 0.29) is 12.8 Å². The van der Waals surface area contributed by atoms with Gasteiger partial charge in [-0.25, -0.2) is 4.57 Å². The van der Waals surface area contributed by atoms with Gasteiger partial charge in [-0.2, -0.15) is 0 Å². The molecular formula is C34H67O10P. The number of phosphoric acid groups is 1. The first-order valence-corrected chi connectivity index (χ1v) is 19.5. The SMILES string of the molecule is CCCCCCCCCCCCCCCCCCCC(=O)OC(CO)COP(=O)(O)OCC(CO)OC(=O)CCCCCCC. The van der Waals surface area contributed by atoms with Gasteiger partial charge in [0.05, 0.1) is 26.4 Å². The Morgan fingerprint density at radius 3 is 1.04 bits per heavy atom. The number of carbonyl (C=O) groups excluding carboxylic acids is 2. The molecule has 3 atom stereocenters. The molecule has 0 aromatic heterocycles. The van der Waals surface area contributed by atoms with Gasteiger partial charge in [0.1, 0.15) is 12.2 Å². The summed E-state index contributed by atoms with van der Waals surface area (Å²) in [7, 11) is -4.61. The van der Waals surface area contributed by atoms with Gasteiger partial charge in [0.2, 0.25) is 0 Å². The highest BCUT2D eigenvalue weighted by atomic mass is 31.2. The van der Waals surface area contributed by atoms with Gasteiger partial charge in [0.25, 0.3) is 0 Å². The predicted octanol–water partition coefficient (Wildman–Crippen LogP) is 8.33. The number of unbranched alkanes of at least 4 members (excludes halogenated alkanes) is 20. The average molecular weight is 667 g/mol. The third-order valence-corrected chi connectivity index (χ3v) is 8.77. The third-order valence-electron chi connectivity index (χ3n) is 7.82. The summed E-state index contributed by atoms with van der Waals surface area (Å²) in [4.78, 5) is 34.0. The fraction of sp³-hybridized carbons (Fsp3) is 0.941. The molecule has 0 aliphatic rings. The molecule has 0 aliphatic heterocycles. The molecule has 0 amide bonds. The van der Waals surface area contributed by atoms with Crippen LogP contribution in [0, 0.1) is 0 Å². The summed E-state index contributed by atoms with van der Waals surface area (Å²) in [5.41, 5.74) is 0. The molecule has 3 N–H and O–H groups in total. The smallest absolute Gasteiger partial charge is 0.457 e. The van der Waals surface area contributed by atoms with Gasteiger partial charge in [-0.3, -0.25) is 18.6 Å². The largest absolute Gasteiger partial charge is 0.472 e. The minimum Gasteiger partial charge on any atom is -0.457 e. The first kappa shape index (κ1) is 44.0. The lowest BCUT2D eigenvalue weighted by molar-refractivity contribution is -0.153. The van der Waals surface area contributed by atoms with Crippen molar-refractivity contribution in [2.75, 3.05) is 26.4 Å². The molecule has 0 saturated heterocycles. The van der Waals surface area contributed by atoms with Crippen molar-refractivity contribution in [3.8, 4) is 0 Å². The predicted molar refractivity (Wildman–Crippen MR) is 178 cm³/mol. The normalized spacial score (nSPS) is 14.2. The zero-order valence-corrected chi connectivity index (χ0v) is 29.5. The molecule has 0 fully saturated rings. The van der Waals surface area contributed by atoms with Crippen LogP contribution in [-0.4, -0.2) is 65.7 Å². The van der Waals surface area contributed by atoms with Crippen LogP contribution in [0.25, 0.3) is 0 Å². The number of ether oxygens (including phenoxy) is 2. The Morgan fingerprint density at radius 2 is 0.778 bits per heavy atom. The second kappa shape index (κ2) is 31.6. The van der Waals surface area contributed by atoms with Gasteiger partial charge in [-0.05, 0) is 12.8 Å². The Bertz CT molecular complexity index is 736. The number of aliphatic hydroxyl groups is 2. The molecule has 0 bridgehead atoms. The van der Waals surface area contributed by atoms with E-state index in [1.165, 1.54) is 83.5 Å². The van der Waals surface area contributed by atoms with Crippen molar-refractivity contribution in [1.82, 2.24) is 0 Å². The highest BCUT2D eigenvalue weighted by Crippen LogP contribution is 2.43. The molecule has 0 aliphatic carbocycles. The van der Waals surface area contributed by atoms with E-state index in [0.29, 0.717) is 12.8 Å². The summed E-state index contributed by atoms with van der Waals surface area (Å²) < 4.78 is 32.2. The fourth-order valence-electron chi connectivity index (χ4n) is 5.00. The van der Waals surface area contributed by atoms with Crippen LogP contribution in [0.1, 0.15) is 168 Å². The first-order chi connectivity index (χ1) is 21.8. The summed E-state index contributed by atoms with van der Waals surface area (Å²) >= 11 is 0. The van der Waals surface area contributed by atoms with Crippen LogP contribution in [-0.2, 0) is 32.7 Å². The number of hydrogen-bond donors (Lipinski definition) is 3. The third kappa shape index (κ3) is 30.1. The van der Waals surface area contributed by atoms with Crippen molar-refractivity contribution in [1.29, 1.82) is 0 Å². The van der Waals surface area contributed by atoms with Crippen molar-refractivity contribution in [2.45, 2.75) is 180 Å². The Balaban J connectivity index is 3.88. The molecule has 3 unspecified atom stereocenters. The Morgan fingerprint density at radius 1 is 0.511 bits per heavy atom. The molecule has 10 nitrogen and oxygen atoms in total. The quantitative estimate of drug-likeness (QED) is 0.0348. The van der Waals surface area contributed by atoms with E-state index in [4.69, 9.17) is 18.5 Å². The maximum Gasteiger partial charge on any atom is 0.472 e. The highest BCUT2D eigenvalue weighted by molar-refractivity contribution is 7.47. The number of esters is 2. The van der Waals surface area contributed by atoms with Gasteiger partial charge in [0, 0.05) is 12.8 Å². The number of phosphoric ester groups is 1. The Hall–Kier alpha value is -1.03. The second-order valence-corrected chi connectivity index (χ2v) is 13.7. The molecule has 45 heavy (non-hydrogen) atoms. The standard InChI is InChI=1S/C34H67O10P/c1-3-5-7-9-10-11-12-13-14-15-16-17-18-19-20-22-24-26-34(38)44-32(28-36)30-42-45(39,40)41-29-31(27-35)43-33(37)25-23-21-8-6-4-2/h31-32,35-36H,3-30H2,1-2H3,(H,39,40). The van der Waals surface area contributed by atoms with Crippen LogP contribution in [0.15, 0.2) is 0 Å². The molecule has 0 rings (SSSR count). The second-order valence-electron chi connectivity index (χ2n) is 12.2. The molecule has 0 heterocycles. The summed E-state index contributed by atoms with van der Waals surface area (Å²) in [5.74, 6) is -1.02. The zero-order valence-electron chi connectivity index (χ0n) is 28.6. The molecule has 0 radical (unpaired) electrons. The van der Waals surface area contributed by atoms with E-state index in [1.807, 2.05) is 0 Å². The molecule has 0 aromatic carbocycles. The summed E-state index contributed by atoms with van der Waals surface area (Å²) in [6.45, 7) is 2.10. The molecular weight excluding hydrogens is 599 g/mol. The number of aliphatic hydroxyl groups excluding tert-OH is 2. The van der Waals surface area contributed by atoms with Crippen molar-refractivity contribution < 1.29 is 47.8 Å². The number of hydrogen-bond acceptors (Lipinski definition) is 9. The molecule has 0 saturated carbocycles. The van der Waals surface area contributed by atoms with E-state index < -0.39 is 58.4 Å². The van der Waals surface area contributed by atoms with Crippen molar-refractivity contribution in [2.24, 2.45) is 0 Å². The maximum atomic E-state index is 12.2. The number of carbonyl (C=O) groups is 2.